The number of carbonyl (C=O) groups excluding carboxylic acids is 4. The van der Waals surface area contributed by atoms with Gasteiger partial charge in [-0.2, -0.15) is 12.6 Å². The van der Waals surface area contributed by atoms with Gasteiger partial charge in [0.15, 0.2) is 11.5 Å². The fourth-order valence-electron chi connectivity index (χ4n) is 3.04. The number of thiol groups is 1. The van der Waals surface area contributed by atoms with Crippen molar-refractivity contribution in [1.82, 2.24) is 20.9 Å². The molecular weight excluding hydrogens is 463 g/mol. The second-order valence-corrected chi connectivity index (χ2v) is 8.33. The fourth-order valence-corrected chi connectivity index (χ4v) is 3.19. The van der Waals surface area contributed by atoms with Gasteiger partial charge >= 0.3 is 5.97 Å². The quantitative estimate of drug-likeness (QED) is 0.220. The normalized spacial score (nSPS) is 21.9. The maximum Gasteiger partial charge on any atom is 0.329 e. The van der Waals surface area contributed by atoms with Gasteiger partial charge in [-0.15, -0.1) is 0 Å². The lowest BCUT2D eigenvalue weighted by Crippen LogP contribution is -2.48. The first-order chi connectivity index (χ1) is 16.2. The number of halogens is 1. The Balaban J connectivity index is 2.44. The van der Waals surface area contributed by atoms with Crippen LogP contribution in [0.25, 0.3) is 0 Å². The molecule has 1 aromatic heterocycles. The lowest BCUT2D eigenvalue weighted by atomic mass is 10.0. The highest BCUT2D eigenvalue weighted by atomic mass is 32.1. The number of ether oxygens (including phenoxy) is 1. The molecule has 0 fully saturated rings. The molecule has 1 aliphatic rings. The Morgan fingerprint density at radius 3 is 2.62 bits per heavy atom. The molecule has 1 aliphatic heterocycles. The minimum absolute atomic E-state index is 0.0774. The van der Waals surface area contributed by atoms with Gasteiger partial charge < -0.3 is 20.7 Å². The fraction of sp³-hybridized carbons (Fsp3) is 0.435. The first-order valence-corrected chi connectivity index (χ1v) is 11.5. The SMILES string of the molecule is C/C=C1\NC(=O)c2nc(ccc2F)CNC(=O)C[C@@H](/C=C/CCS)OC(=O)[C@H](C(C)C)NC1=O. The van der Waals surface area contributed by atoms with Gasteiger partial charge in [-0.3, -0.25) is 14.4 Å². The Labute approximate surface area is 203 Å². The van der Waals surface area contributed by atoms with Crippen molar-refractivity contribution >= 4 is 36.3 Å². The molecule has 0 saturated heterocycles. The standard InChI is InChI=1S/C23H29FN4O5S/c1-4-17-21(30)28-19(13(2)3)23(32)33-15(7-5-6-10-34)11-18(29)25-12-14-8-9-16(24)20(26-14)22(31)27-17/h4-5,7-9,13,15,19,34H,6,10-12H2,1-3H3,(H,25,29)(H,27,31)(H,28,30)/b7-5+,17-4-/t15-,19+/m1/s1. The second-order valence-electron chi connectivity index (χ2n) is 7.88. The topological polar surface area (TPSA) is 126 Å². The number of hydrogen-bond acceptors (Lipinski definition) is 7. The van der Waals surface area contributed by atoms with Crippen molar-refractivity contribution in [2.45, 2.75) is 52.3 Å². The van der Waals surface area contributed by atoms with Gasteiger partial charge in [0.1, 0.15) is 17.8 Å². The molecular formula is C23H29FN4O5S. The molecule has 9 nitrogen and oxygen atoms in total. The van der Waals surface area contributed by atoms with Crippen molar-refractivity contribution in [1.29, 1.82) is 0 Å². The van der Waals surface area contributed by atoms with Crippen LogP contribution in [-0.2, 0) is 25.7 Å². The first kappa shape index (κ1) is 27.0. The Morgan fingerprint density at radius 2 is 1.97 bits per heavy atom. The van der Waals surface area contributed by atoms with Gasteiger partial charge in [0.25, 0.3) is 11.8 Å². The summed E-state index contributed by atoms with van der Waals surface area (Å²) in [6, 6.07) is 1.33. The molecule has 0 aliphatic carbocycles. The Bertz CT molecular complexity index is 996. The zero-order valence-corrected chi connectivity index (χ0v) is 20.2. The molecule has 2 rings (SSSR count). The number of rotatable bonds is 4. The zero-order valence-electron chi connectivity index (χ0n) is 19.3. The van der Waals surface area contributed by atoms with Crippen LogP contribution in [0.1, 0.15) is 49.8 Å². The van der Waals surface area contributed by atoms with E-state index in [1.807, 2.05) is 0 Å². The van der Waals surface area contributed by atoms with Crippen molar-refractivity contribution in [2.24, 2.45) is 5.92 Å². The molecule has 34 heavy (non-hydrogen) atoms. The van der Waals surface area contributed by atoms with Crippen molar-refractivity contribution in [3.63, 3.8) is 0 Å². The number of fused-ring (bicyclic) bond motifs is 2. The number of cyclic esters (lactones) is 1. The maximum atomic E-state index is 14.3. The van der Waals surface area contributed by atoms with Gasteiger partial charge in [-0.05, 0) is 43.2 Å². The average Bonchev–Trinajstić information content (AvgIpc) is 2.79. The van der Waals surface area contributed by atoms with Crippen molar-refractivity contribution in [3.8, 4) is 0 Å². The van der Waals surface area contributed by atoms with Crippen LogP contribution in [0.2, 0.25) is 0 Å². The highest BCUT2D eigenvalue weighted by Crippen LogP contribution is 2.12. The summed E-state index contributed by atoms with van der Waals surface area (Å²) in [5, 5.41) is 7.49. The Kier molecular flexibility index (Phi) is 10.2. The molecule has 3 amide bonds. The number of hydrogen-bond donors (Lipinski definition) is 4. The van der Waals surface area contributed by atoms with E-state index >= 15 is 0 Å². The molecule has 0 saturated carbocycles. The van der Waals surface area contributed by atoms with E-state index < -0.39 is 47.3 Å². The van der Waals surface area contributed by atoms with Gasteiger partial charge in [-0.1, -0.05) is 26.0 Å². The molecule has 184 valence electrons. The predicted molar refractivity (Wildman–Crippen MR) is 126 cm³/mol. The Morgan fingerprint density at radius 1 is 1.24 bits per heavy atom. The van der Waals surface area contributed by atoms with E-state index in [0.29, 0.717) is 12.2 Å². The zero-order chi connectivity index (χ0) is 25.3. The number of amides is 3. The molecule has 2 bridgehead atoms. The molecule has 2 heterocycles. The number of aromatic nitrogens is 1. The first-order valence-electron chi connectivity index (χ1n) is 10.8. The molecule has 0 aromatic carbocycles. The van der Waals surface area contributed by atoms with Crippen LogP contribution in [0.3, 0.4) is 0 Å². The monoisotopic (exact) mass is 492 g/mol. The van der Waals surface area contributed by atoms with E-state index in [1.165, 1.54) is 19.1 Å². The molecule has 1 aromatic rings. The summed E-state index contributed by atoms with van der Waals surface area (Å²) in [7, 11) is 0. The minimum Gasteiger partial charge on any atom is -0.456 e. The van der Waals surface area contributed by atoms with Gasteiger partial charge in [0.05, 0.1) is 18.7 Å². The van der Waals surface area contributed by atoms with Crippen LogP contribution >= 0.6 is 12.6 Å². The number of allylic oxidation sites excluding steroid dienone is 2. The highest BCUT2D eigenvalue weighted by Gasteiger charge is 2.30. The number of pyridine rings is 1. The van der Waals surface area contributed by atoms with Crippen LogP contribution in [0.4, 0.5) is 4.39 Å². The van der Waals surface area contributed by atoms with E-state index in [0.717, 1.165) is 6.07 Å². The van der Waals surface area contributed by atoms with E-state index in [1.54, 1.807) is 26.0 Å². The van der Waals surface area contributed by atoms with Crippen LogP contribution in [-0.4, -0.2) is 46.6 Å². The average molecular weight is 493 g/mol. The minimum atomic E-state index is -1.06. The predicted octanol–water partition coefficient (Wildman–Crippen LogP) is 1.80. The van der Waals surface area contributed by atoms with Crippen molar-refractivity contribution in [3.05, 3.63) is 53.3 Å². The van der Waals surface area contributed by atoms with Gasteiger partial charge in [0.2, 0.25) is 5.91 Å². The van der Waals surface area contributed by atoms with Crippen LogP contribution in [0.15, 0.2) is 36.1 Å². The maximum absolute atomic E-state index is 14.3. The molecule has 0 unspecified atom stereocenters. The van der Waals surface area contributed by atoms with Crippen molar-refractivity contribution in [2.75, 3.05) is 5.75 Å². The second kappa shape index (κ2) is 12.9. The molecule has 0 radical (unpaired) electrons. The molecule has 2 atom stereocenters. The lowest BCUT2D eigenvalue weighted by Gasteiger charge is -2.24. The number of nitrogens with one attached hydrogen (secondary N) is 3. The van der Waals surface area contributed by atoms with E-state index in [2.05, 4.69) is 33.6 Å². The summed E-state index contributed by atoms with van der Waals surface area (Å²) in [6.45, 7) is 4.85. The van der Waals surface area contributed by atoms with Gasteiger partial charge in [-0.25, -0.2) is 14.2 Å². The summed E-state index contributed by atoms with van der Waals surface area (Å²) in [5.41, 5.74) is -0.475. The van der Waals surface area contributed by atoms with Crippen molar-refractivity contribution < 1.29 is 28.3 Å². The van der Waals surface area contributed by atoms with E-state index in [9.17, 15) is 23.6 Å². The van der Waals surface area contributed by atoms with Crippen LogP contribution < -0.4 is 16.0 Å². The smallest absolute Gasteiger partial charge is 0.329 e. The summed E-state index contributed by atoms with van der Waals surface area (Å²) in [6.07, 6.45) is 4.22. The highest BCUT2D eigenvalue weighted by molar-refractivity contribution is 7.80. The molecule has 11 heteroatoms. The third-order valence-corrected chi connectivity index (χ3v) is 5.13. The summed E-state index contributed by atoms with van der Waals surface area (Å²) in [4.78, 5) is 54.8. The third kappa shape index (κ3) is 7.68. The number of carbonyl (C=O) groups is 4. The Hall–Kier alpha value is -3.21. The van der Waals surface area contributed by atoms with Crippen LogP contribution in [0.5, 0.6) is 0 Å². The van der Waals surface area contributed by atoms with Crippen LogP contribution in [0, 0.1) is 11.7 Å². The number of nitrogens with zero attached hydrogens (tertiary/aromatic N) is 1. The summed E-state index contributed by atoms with van der Waals surface area (Å²) < 4.78 is 19.8. The van der Waals surface area contributed by atoms with E-state index in [4.69, 9.17) is 4.74 Å². The van der Waals surface area contributed by atoms with E-state index in [-0.39, 0.29) is 30.3 Å². The summed E-state index contributed by atoms with van der Waals surface area (Å²) in [5.74, 6) is -3.56. The third-order valence-electron chi connectivity index (χ3n) is 4.87. The molecule has 3 N–H and O–H groups in total. The lowest BCUT2D eigenvalue weighted by molar-refractivity contribution is -0.153. The number of esters is 1. The summed E-state index contributed by atoms with van der Waals surface area (Å²) >= 11 is 4.13. The molecule has 0 spiro atoms. The van der Waals surface area contributed by atoms with Gasteiger partial charge in [0, 0.05) is 0 Å². The largest absolute Gasteiger partial charge is 0.456 e.